The molecule has 0 radical (unpaired) electrons. The van der Waals surface area contributed by atoms with E-state index in [9.17, 15) is 4.39 Å². The fraction of sp³-hybridized carbons (Fsp3) is 0.667. The van der Waals surface area contributed by atoms with E-state index < -0.39 is 0 Å². The van der Waals surface area contributed by atoms with E-state index in [4.69, 9.17) is 11.6 Å². The average molecular weight is 312 g/mol. The molecule has 0 amide bonds. The van der Waals surface area contributed by atoms with Crippen LogP contribution >= 0.6 is 11.6 Å². The summed E-state index contributed by atoms with van der Waals surface area (Å²) in [7, 11) is 2.00. The molecule has 21 heavy (non-hydrogen) atoms. The summed E-state index contributed by atoms with van der Waals surface area (Å²) >= 11 is 6.22. The minimum atomic E-state index is -0.155. The van der Waals surface area contributed by atoms with E-state index in [1.54, 1.807) is 12.1 Å². The van der Waals surface area contributed by atoms with E-state index in [1.165, 1.54) is 25.3 Å². The van der Waals surface area contributed by atoms with Crippen molar-refractivity contribution in [3.63, 3.8) is 0 Å². The van der Waals surface area contributed by atoms with Crippen LogP contribution < -0.4 is 5.32 Å². The van der Waals surface area contributed by atoms with Gasteiger partial charge in [-0.2, -0.15) is 0 Å². The van der Waals surface area contributed by atoms with E-state index in [0.29, 0.717) is 28.3 Å². The first-order valence-corrected chi connectivity index (χ1v) is 8.48. The summed E-state index contributed by atoms with van der Waals surface area (Å²) in [5.41, 5.74) is 0.703. The molecule has 0 spiro atoms. The highest BCUT2D eigenvalue weighted by Gasteiger charge is 2.32. The Labute approximate surface area is 133 Å². The molecule has 1 N–H and O–H groups in total. The number of rotatable bonds is 5. The second-order valence-corrected chi connectivity index (χ2v) is 7.21. The fourth-order valence-corrected chi connectivity index (χ4v) is 3.98. The molecule has 0 bridgehead atoms. The monoisotopic (exact) mass is 311 g/mol. The van der Waals surface area contributed by atoms with E-state index in [2.05, 4.69) is 19.2 Å². The molecule has 0 saturated heterocycles. The zero-order valence-electron chi connectivity index (χ0n) is 13.3. The van der Waals surface area contributed by atoms with Crippen molar-refractivity contribution in [2.24, 2.45) is 23.7 Å². The standard InChI is InChI=1S/C18H27ClFN/c1-12(2)13-7-8-14(11-21-3)15(9-13)10-16-17(19)5-4-6-18(16)20/h4-6,12-15,21H,7-11H2,1-3H3. The van der Waals surface area contributed by atoms with Crippen molar-refractivity contribution in [2.45, 2.75) is 39.5 Å². The number of hydrogen-bond acceptors (Lipinski definition) is 1. The number of hydrogen-bond donors (Lipinski definition) is 1. The molecule has 1 fully saturated rings. The van der Waals surface area contributed by atoms with Crippen LogP contribution in [0.4, 0.5) is 4.39 Å². The maximum absolute atomic E-state index is 14.1. The van der Waals surface area contributed by atoms with E-state index in [1.807, 2.05) is 7.05 Å². The third-order valence-corrected chi connectivity index (χ3v) is 5.47. The van der Waals surface area contributed by atoms with Gasteiger partial charge in [-0.1, -0.05) is 31.5 Å². The molecule has 118 valence electrons. The van der Waals surface area contributed by atoms with Crippen molar-refractivity contribution >= 4 is 11.6 Å². The van der Waals surface area contributed by atoms with Gasteiger partial charge in [0.2, 0.25) is 0 Å². The smallest absolute Gasteiger partial charge is 0.127 e. The zero-order valence-corrected chi connectivity index (χ0v) is 14.1. The molecule has 1 aliphatic rings. The molecule has 1 aromatic carbocycles. The molecule has 1 aromatic rings. The molecule has 1 nitrogen and oxygen atoms in total. The largest absolute Gasteiger partial charge is 0.319 e. The highest BCUT2D eigenvalue weighted by Crippen LogP contribution is 2.40. The van der Waals surface area contributed by atoms with Crippen LogP contribution in [0.1, 0.15) is 38.7 Å². The predicted molar refractivity (Wildman–Crippen MR) is 88.2 cm³/mol. The first-order chi connectivity index (χ1) is 10.0. The van der Waals surface area contributed by atoms with E-state index in [-0.39, 0.29) is 5.82 Å². The molecule has 2 rings (SSSR count). The number of benzene rings is 1. The molecular formula is C18H27ClFN. The van der Waals surface area contributed by atoms with Crippen LogP contribution in [-0.2, 0) is 6.42 Å². The Bertz CT molecular complexity index is 440. The van der Waals surface area contributed by atoms with Gasteiger partial charge in [-0.3, -0.25) is 0 Å². The summed E-state index contributed by atoms with van der Waals surface area (Å²) in [6, 6.07) is 5.01. The second kappa shape index (κ2) is 7.60. The van der Waals surface area contributed by atoms with E-state index >= 15 is 0 Å². The van der Waals surface area contributed by atoms with Crippen molar-refractivity contribution in [1.29, 1.82) is 0 Å². The maximum atomic E-state index is 14.1. The Hall–Kier alpha value is -0.600. The van der Waals surface area contributed by atoms with Crippen molar-refractivity contribution in [3.05, 3.63) is 34.6 Å². The second-order valence-electron chi connectivity index (χ2n) is 6.80. The lowest BCUT2D eigenvalue weighted by Crippen LogP contribution is -2.34. The maximum Gasteiger partial charge on any atom is 0.127 e. The lowest BCUT2D eigenvalue weighted by atomic mass is 9.68. The highest BCUT2D eigenvalue weighted by molar-refractivity contribution is 6.31. The third kappa shape index (κ3) is 4.20. The van der Waals surface area contributed by atoms with Gasteiger partial charge in [0.25, 0.3) is 0 Å². The van der Waals surface area contributed by atoms with Crippen molar-refractivity contribution in [3.8, 4) is 0 Å². The summed E-state index contributed by atoms with van der Waals surface area (Å²) in [6.07, 6.45) is 4.49. The van der Waals surface area contributed by atoms with Crippen LogP contribution in [0.5, 0.6) is 0 Å². The first kappa shape index (κ1) is 16.8. The van der Waals surface area contributed by atoms with Gasteiger partial charge in [0.05, 0.1) is 0 Å². The molecule has 0 aliphatic heterocycles. The molecule has 3 heteroatoms. The lowest BCUT2D eigenvalue weighted by molar-refractivity contribution is 0.145. The molecule has 3 atom stereocenters. The van der Waals surface area contributed by atoms with Gasteiger partial charge in [-0.05, 0) is 75.1 Å². The highest BCUT2D eigenvalue weighted by atomic mass is 35.5. The topological polar surface area (TPSA) is 12.0 Å². The summed E-state index contributed by atoms with van der Waals surface area (Å²) in [6.45, 7) is 5.62. The van der Waals surface area contributed by atoms with Crippen LogP contribution in [0.25, 0.3) is 0 Å². The van der Waals surface area contributed by atoms with Gasteiger partial charge in [-0.15, -0.1) is 0 Å². The Morgan fingerprint density at radius 2 is 2.05 bits per heavy atom. The van der Waals surface area contributed by atoms with Crippen LogP contribution in [-0.4, -0.2) is 13.6 Å². The van der Waals surface area contributed by atoms with Gasteiger partial charge in [0, 0.05) is 10.6 Å². The summed E-state index contributed by atoms with van der Waals surface area (Å²) in [5.74, 6) is 2.46. The van der Waals surface area contributed by atoms with Crippen molar-refractivity contribution in [2.75, 3.05) is 13.6 Å². The van der Waals surface area contributed by atoms with Gasteiger partial charge in [0.1, 0.15) is 5.82 Å². The molecule has 0 aromatic heterocycles. The summed E-state index contributed by atoms with van der Waals surface area (Å²) in [4.78, 5) is 0. The van der Waals surface area contributed by atoms with Gasteiger partial charge in [-0.25, -0.2) is 4.39 Å². The molecule has 1 aliphatic carbocycles. The Morgan fingerprint density at radius 1 is 1.29 bits per heavy atom. The molecular weight excluding hydrogens is 285 g/mol. The summed E-state index contributed by atoms with van der Waals surface area (Å²) in [5, 5.41) is 3.87. The summed E-state index contributed by atoms with van der Waals surface area (Å²) < 4.78 is 14.1. The SMILES string of the molecule is CNCC1CCC(C(C)C)CC1Cc1c(F)cccc1Cl. The van der Waals surface area contributed by atoms with Gasteiger partial charge in [0.15, 0.2) is 0 Å². The van der Waals surface area contributed by atoms with Gasteiger partial charge < -0.3 is 5.32 Å². The Morgan fingerprint density at radius 3 is 2.67 bits per heavy atom. The predicted octanol–water partition coefficient (Wildman–Crippen LogP) is 4.93. The minimum Gasteiger partial charge on any atom is -0.319 e. The van der Waals surface area contributed by atoms with E-state index in [0.717, 1.165) is 18.9 Å². The lowest BCUT2D eigenvalue weighted by Gasteiger charge is -2.38. The molecule has 1 saturated carbocycles. The Balaban J connectivity index is 2.16. The molecule has 0 heterocycles. The van der Waals surface area contributed by atoms with Crippen molar-refractivity contribution in [1.82, 2.24) is 5.32 Å². The average Bonchev–Trinajstić information content (AvgIpc) is 2.44. The van der Waals surface area contributed by atoms with Crippen molar-refractivity contribution < 1.29 is 4.39 Å². The number of nitrogens with one attached hydrogen (secondary N) is 1. The third-order valence-electron chi connectivity index (χ3n) is 5.12. The van der Waals surface area contributed by atoms with Crippen LogP contribution in [0.15, 0.2) is 18.2 Å². The quantitative estimate of drug-likeness (QED) is 0.813. The van der Waals surface area contributed by atoms with Crippen LogP contribution in [0, 0.1) is 29.5 Å². The normalized spacial score (nSPS) is 26.3. The van der Waals surface area contributed by atoms with Gasteiger partial charge >= 0.3 is 0 Å². The number of halogens is 2. The van der Waals surface area contributed by atoms with Crippen LogP contribution in [0.2, 0.25) is 5.02 Å². The molecule has 3 unspecified atom stereocenters. The Kier molecular flexibility index (Phi) is 6.07. The first-order valence-electron chi connectivity index (χ1n) is 8.10. The van der Waals surface area contributed by atoms with Crippen LogP contribution in [0.3, 0.4) is 0 Å². The minimum absolute atomic E-state index is 0.155. The fourth-order valence-electron chi connectivity index (χ4n) is 3.74. The zero-order chi connectivity index (χ0) is 15.4.